The molecular formula is C15H16N4. The Morgan fingerprint density at radius 2 is 1.74 bits per heavy atom. The van der Waals surface area contributed by atoms with E-state index in [1.165, 1.54) is 0 Å². The maximum atomic E-state index is 9.13. The van der Waals surface area contributed by atoms with Crippen molar-refractivity contribution >= 4 is 5.82 Å². The number of aromatic nitrogens is 2. The summed E-state index contributed by atoms with van der Waals surface area (Å²) < 4.78 is 0. The van der Waals surface area contributed by atoms with Gasteiger partial charge in [-0.15, -0.1) is 0 Å². The molecule has 2 rings (SSSR count). The van der Waals surface area contributed by atoms with E-state index in [4.69, 9.17) is 5.26 Å². The van der Waals surface area contributed by atoms with Crippen LogP contribution < -0.4 is 5.32 Å². The standard InChI is InChI=1S/C15H16N4/c1-15(2,10-16)12-6-4-11(5-7-12)13-14(17-3)19-9-8-18-13/h4-9H,1-3H3,(H,17,19). The van der Waals surface area contributed by atoms with Crippen molar-refractivity contribution in [1.29, 1.82) is 5.26 Å². The zero-order valence-corrected chi connectivity index (χ0v) is 11.3. The molecule has 0 aliphatic heterocycles. The first kappa shape index (κ1) is 13.0. The molecule has 0 radical (unpaired) electrons. The summed E-state index contributed by atoms with van der Waals surface area (Å²) >= 11 is 0. The van der Waals surface area contributed by atoms with Crippen LogP contribution >= 0.6 is 0 Å². The topological polar surface area (TPSA) is 61.6 Å². The van der Waals surface area contributed by atoms with Gasteiger partial charge in [0.05, 0.1) is 11.5 Å². The Bertz CT molecular complexity index is 609. The van der Waals surface area contributed by atoms with Crippen molar-refractivity contribution in [2.75, 3.05) is 12.4 Å². The highest BCUT2D eigenvalue weighted by Crippen LogP contribution is 2.27. The smallest absolute Gasteiger partial charge is 0.152 e. The summed E-state index contributed by atoms with van der Waals surface area (Å²) in [4.78, 5) is 8.58. The van der Waals surface area contributed by atoms with Crippen molar-refractivity contribution < 1.29 is 0 Å². The van der Waals surface area contributed by atoms with Gasteiger partial charge in [-0.2, -0.15) is 5.26 Å². The molecule has 0 saturated heterocycles. The van der Waals surface area contributed by atoms with Gasteiger partial charge in [0, 0.05) is 25.0 Å². The average molecular weight is 252 g/mol. The molecule has 0 aliphatic carbocycles. The van der Waals surface area contributed by atoms with E-state index in [0.29, 0.717) is 0 Å². The summed E-state index contributed by atoms with van der Waals surface area (Å²) in [6, 6.07) is 10.2. The molecule has 1 N–H and O–H groups in total. The predicted molar refractivity (Wildman–Crippen MR) is 75.7 cm³/mol. The Labute approximate surface area is 113 Å². The first-order chi connectivity index (χ1) is 9.08. The fourth-order valence-electron chi connectivity index (χ4n) is 1.84. The fraction of sp³-hybridized carbons (Fsp3) is 0.267. The molecule has 0 spiro atoms. The fourth-order valence-corrected chi connectivity index (χ4v) is 1.84. The van der Waals surface area contributed by atoms with Crippen LogP contribution in [0.3, 0.4) is 0 Å². The highest BCUT2D eigenvalue weighted by Gasteiger charge is 2.19. The van der Waals surface area contributed by atoms with Gasteiger partial charge in [0.25, 0.3) is 0 Å². The number of anilines is 1. The third-order valence-electron chi connectivity index (χ3n) is 3.09. The van der Waals surface area contributed by atoms with Gasteiger partial charge in [-0.05, 0) is 19.4 Å². The highest BCUT2D eigenvalue weighted by atomic mass is 15.0. The lowest BCUT2D eigenvalue weighted by Gasteiger charge is -2.16. The summed E-state index contributed by atoms with van der Waals surface area (Å²) in [6.07, 6.45) is 3.33. The maximum absolute atomic E-state index is 9.13. The Kier molecular flexibility index (Phi) is 3.48. The normalized spacial score (nSPS) is 10.8. The van der Waals surface area contributed by atoms with Crippen molar-refractivity contribution in [1.82, 2.24) is 9.97 Å². The van der Waals surface area contributed by atoms with Crippen molar-refractivity contribution in [3.8, 4) is 17.3 Å². The summed E-state index contributed by atoms with van der Waals surface area (Å²) in [7, 11) is 1.82. The van der Waals surface area contributed by atoms with E-state index < -0.39 is 5.41 Å². The molecule has 0 atom stereocenters. The van der Waals surface area contributed by atoms with Gasteiger partial charge in [-0.1, -0.05) is 24.3 Å². The van der Waals surface area contributed by atoms with E-state index >= 15 is 0 Å². The van der Waals surface area contributed by atoms with Crippen LogP contribution in [-0.2, 0) is 5.41 Å². The number of nitrogens with one attached hydrogen (secondary N) is 1. The number of hydrogen-bond acceptors (Lipinski definition) is 4. The molecule has 0 bridgehead atoms. The molecule has 1 heterocycles. The molecule has 96 valence electrons. The van der Waals surface area contributed by atoms with Gasteiger partial charge in [0.1, 0.15) is 5.69 Å². The van der Waals surface area contributed by atoms with Crippen molar-refractivity contribution in [2.24, 2.45) is 0 Å². The van der Waals surface area contributed by atoms with E-state index in [-0.39, 0.29) is 0 Å². The van der Waals surface area contributed by atoms with Crippen molar-refractivity contribution in [2.45, 2.75) is 19.3 Å². The third-order valence-corrected chi connectivity index (χ3v) is 3.09. The zero-order valence-electron chi connectivity index (χ0n) is 11.3. The summed E-state index contributed by atoms with van der Waals surface area (Å²) in [5, 5.41) is 12.2. The first-order valence-electron chi connectivity index (χ1n) is 6.09. The van der Waals surface area contributed by atoms with Crippen LogP contribution in [0.2, 0.25) is 0 Å². The van der Waals surface area contributed by atoms with Crippen LogP contribution in [0.1, 0.15) is 19.4 Å². The molecule has 4 heteroatoms. The quantitative estimate of drug-likeness (QED) is 0.912. The molecule has 0 unspecified atom stereocenters. The zero-order chi connectivity index (χ0) is 13.9. The van der Waals surface area contributed by atoms with Crippen LogP contribution in [0.25, 0.3) is 11.3 Å². The minimum Gasteiger partial charge on any atom is -0.371 e. The van der Waals surface area contributed by atoms with Gasteiger partial charge < -0.3 is 5.32 Å². The lowest BCUT2D eigenvalue weighted by atomic mass is 9.86. The number of nitriles is 1. The van der Waals surface area contributed by atoms with E-state index in [2.05, 4.69) is 21.4 Å². The molecule has 0 fully saturated rings. The van der Waals surface area contributed by atoms with Crippen molar-refractivity contribution in [3.63, 3.8) is 0 Å². The van der Waals surface area contributed by atoms with Crippen molar-refractivity contribution in [3.05, 3.63) is 42.2 Å². The average Bonchev–Trinajstić information content (AvgIpc) is 2.47. The molecule has 0 amide bonds. The third kappa shape index (κ3) is 2.55. The van der Waals surface area contributed by atoms with E-state index in [1.54, 1.807) is 12.4 Å². The molecule has 4 nitrogen and oxygen atoms in total. The molecule has 2 aromatic rings. The van der Waals surface area contributed by atoms with Gasteiger partial charge in [0.2, 0.25) is 0 Å². The molecule has 0 saturated carbocycles. The predicted octanol–water partition coefficient (Wildman–Crippen LogP) is 2.99. The minimum atomic E-state index is -0.479. The second kappa shape index (κ2) is 5.07. The molecule has 1 aromatic carbocycles. The van der Waals surface area contributed by atoms with Gasteiger partial charge >= 0.3 is 0 Å². The van der Waals surface area contributed by atoms with Crippen LogP contribution in [0.15, 0.2) is 36.7 Å². The Morgan fingerprint density at radius 1 is 1.11 bits per heavy atom. The largest absolute Gasteiger partial charge is 0.371 e. The van der Waals surface area contributed by atoms with Crippen LogP contribution in [0.5, 0.6) is 0 Å². The monoisotopic (exact) mass is 252 g/mol. The number of hydrogen-bond donors (Lipinski definition) is 1. The van der Waals surface area contributed by atoms with E-state index in [1.807, 2.05) is 45.2 Å². The Morgan fingerprint density at radius 3 is 2.32 bits per heavy atom. The molecule has 19 heavy (non-hydrogen) atoms. The summed E-state index contributed by atoms with van der Waals surface area (Å²) in [6.45, 7) is 3.81. The van der Waals surface area contributed by atoms with Crippen LogP contribution in [0, 0.1) is 11.3 Å². The maximum Gasteiger partial charge on any atom is 0.152 e. The number of nitrogens with zero attached hydrogens (tertiary/aromatic N) is 3. The van der Waals surface area contributed by atoms with Crippen LogP contribution in [0.4, 0.5) is 5.82 Å². The van der Waals surface area contributed by atoms with Gasteiger partial charge in [0.15, 0.2) is 5.82 Å². The number of benzene rings is 1. The number of rotatable bonds is 3. The molecule has 1 aromatic heterocycles. The summed E-state index contributed by atoms with van der Waals surface area (Å²) in [5.41, 5.74) is 2.31. The van der Waals surface area contributed by atoms with E-state index in [9.17, 15) is 0 Å². The molecule has 0 aliphatic rings. The van der Waals surface area contributed by atoms with Gasteiger partial charge in [-0.3, -0.25) is 4.98 Å². The SMILES string of the molecule is CNc1nccnc1-c1ccc(C(C)(C)C#N)cc1. The second-order valence-corrected chi connectivity index (χ2v) is 4.82. The minimum absolute atomic E-state index is 0.479. The van der Waals surface area contributed by atoms with Gasteiger partial charge in [-0.25, -0.2) is 4.98 Å². The Balaban J connectivity index is 2.41. The highest BCUT2D eigenvalue weighted by molar-refractivity contribution is 5.71. The lowest BCUT2D eigenvalue weighted by molar-refractivity contribution is 0.687. The van der Waals surface area contributed by atoms with Crippen LogP contribution in [-0.4, -0.2) is 17.0 Å². The van der Waals surface area contributed by atoms with E-state index in [0.717, 1.165) is 22.6 Å². The first-order valence-corrected chi connectivity index (χ1v) is 6.09. The Hall–Kier alpha value is -2.41. The lowest BCUT2D eigenvalue weighted by Crippen LogP contribution is -2.13. The molecular weight excluding hydrogens is 236 g/mol. The summed E-state index contributed by atoms with van der Waals surface area (Å²) in [5.74, 6) is 0.745. The second-order valence-electron chi connectivity index (χ2n) is 4.82.